The highest BCUT2D eigenvalue weighted by molar-refractivity contribution is 6.06. The third kappa shape index (κ3) is 5.20. The number of carbonyl (C=O) groups excluding carboxylic acids is 2. The minimum absolute atomic E-state index is 0.202. The van der Waals surface area contributed by atoms with Gasteiger partial charge in [-0.3, -0.25) is 9.59 Å². The first-order valence-corrected chi connectivity index (χ1v) is 9.16. The maximum atomic E-state index is 12.5. The Labute approximate surface area is 164 Å². The van der Waals surface area contributed by atoms with E-state index in [0.717, 1.165) is 12.2 Å². The van der Waals surface area contributed by atoms with Gasteiger partial charge in [0.05, 0.1) is 6.61 Å². The third-order valence-electron chi connectivity index (χ3n) is 4.00. The molecule has 142 valence electrons. The lowest BCUT2D eigenvalue weighted by molar-refractivity contribution is 0.101. The Morgan fingerprint density at radius 1 is 0.750 bits per heavy atom. The molecule has 0 bridgehead atoms. The summed E-state index contributed by atoms with van der Waals surface area (Å²) in [5.41, 5.74) is 2.31. The van der Waals surface area contributed by atoms with Crippen LogP contribution in [0.5, 0.6) is 5.75 Å². The summed E-state index contributed by atoms with van der Waals surface area (Å²) < 4.78 is 5.53. The minimum atomic E-state index is -0.228. The maximum absolute atomic E-state index is 12.5. The van der Waals surface area contributed by atoms with Gasteiger partial charge in [0, 0.05) is 22.5 Å². The second kappa shape index (κ2) is 9.37. The molecule has 3 aromatic rings. The van der Waals surface area contributed by atoms with E-state index in [-0.39, 0.29) is 11.8 Å². The first-order chi connectivity index (χ1) is 13.7. The third-order valence-corrected chi connectivity index (χ3v) is 4.00. The van der Waals surface area contributed by atoms with Gasteiger partial charge in [0.25, 0.3) is 11.8 Å². The number of carbonyl (C=O) groups is 2. The van der Waals surface area contributed by atoms with Crippen molar-refractivity contribution in [1.29, 1.82) is 0 Å². The van der Waals surface area contributed by atoms with Crippen molar-refractivity contribution in [2.24, 2.45) is 0 Å². The number of hydrogen-bond acceptors (Lipinski definition) is 3. The first kappa shape index (κ1) is 19.2. The Balaban J connectivity index is 1.63. The summed E-state index contributed by atoms with van der Waals surface area (Å²) in [5, 5.41) is 5.68. The fourth-order valence-electron chi connectivity index (χ4n) is 2.59. The molecule has 0 aliphatic rings. The van der Waals surface area contributed by atoms with E-state index >= 15 is 0 Å². The molecule has 5 nitrogen and oxygen atoms in total. The highest BCUT2D eigenvalue weighted by Gasteiger charge is 2.09. The normalized spacial score (nSPS) is 10.2. The second-order valence-electron chi connectivity index (χ2n) is 6.23. The van der Waals surface area contributed by atoms with E-state index in [1.54, 1.807) is 60.7 Å². The van der Waals surface area contributed by atoms with Gasteiger partial charge in [-0.25, -0.2) is 0 Å². The molecule has 0 fully saturated rings. The number of anilines is 2. The second-order valence-corrected chi connectivity index (χ2v) is 6.23. The predicted molar refractivity (Wildman–Crippen MR) is 111 cm³/mol. The highest BCUT2D eigenvalue weighted by atomic mass is 16.5. The molecular formula is C23H22N2O3. The van der Waals surface area contributed by atoms with Crippen molar-refractivity contribution in [2.75, 3.05) is 17.2 Å². The summed E-state index contributed by atoms with van der Waals surface area (Å²) in [4.78, 5) is 24.7. The van der Waals surface area contributed by atoms with Crippen molar-refractivity contribution in [3.63, 3.8) is 0 Å². The van der Waals surface area contributed by atoms with Gasteiger partial charge in [-0.15, -0.1) is 0 Å². The molecule has 0 aliphatic heterocycles. The lowest BCUT2D eigenvalue weighted by Crippen LogP contribution is -2.14. The van der Waals surface area contributed by atoms with E-state index in [2.05, 4.69) is 10.6 Å². The maximum Gasteiger partial charge on any atom is 0.255 e. The minimum Gasteiger partial charge on any atom is -0.494 e. The molecule has 0 spiro atoms. The van der Waals surface area contributed by atoms with Crippen molar-refractivity contribution in [2.45, 2.75) is 13.3 Å². The Kier molecular flexibility index (Phi) is 6.41. The van der Waals surface area contributed by atoms with Gasteiger partial charge in [0.1, 0.15) is 5.75 Å². The summed E-state index contributed by atoms with van der Waals surface area (Å²) in [5.74, 6) is 0.310. The number of ether oxygens (including phenoxy) is 1. The van der Waals surface area contributed by atoms with E-state index < -0.39 is 0 Å². The molecule has 0 saturated heterocycles. The molecule has 3 aromatic carbocycles. The summed E-state index contributed by atoms with van der Waals surface area (Å²) in [6, 6.07) is 23.0. The first-order valence-electron chi connectivity index (χ1n) is 9.16. The monoisotopic (exact) mass is 374 g/mol. The molecule has 0 saturated carbocycles. The van der Waals surface area contributed by atoms with Crippen molar-refractivity contribution >= 4 is 23.2 Å². The van der Waals surface area contributed by atoms with Crippen molar-refractivity contribution in [3.05, 3.63) is 90.0 Å². The van der Waals surface area contributed by atoms with Gasteiger partial charge < -0.3 is 15.4 Å². The lowest BCUT2D eigenvalue weighted by atomic mass is 10.2. The molecule has 3 rings (SSSR count). The summed E-state index contributed by atoms with van der Waals surface area (Å²) in [7, 11) is 0. The number of benzene rings is 3. The Morgan fingerprint density at radius 2 is 1.32 bits per heavy atom. The fraction of sp³-hybridized carbons (Fsp3) is 0.130. The molecular weight excluding hydrogens is 352 g/mol. The van der Waals surface area contributed by atoms with E-state index in [9.17, 15) is 9.59 Å². The average Bonchev–Trinajstić information content (AvgIpc) is 2.73. The smallest absolute Gasteiger partial charge is 0.255 e. The molecule has 0 aromatic heterocycles. The van der Waals surface area contributed by atoms with Crippen molar-refractivity contribution in [3.8, 4) is 5.75 Å². The van der Waals surface area contributed by atoms with Crippen LogP contribution >= 0.6 is 0 Å². The van der Waals surface area contributed by atoms with Gasteiger partial charge in [0.15, 0.2) is 0 Å². The lowest BCUT2D eigenvalue weighted by Gasteiger charge is -2.10. The number of nitrogens with one attached hydrogen (secondary N) is 2. The van der Waals surface area contributed by atoms with Crippen LogP contribution in [0.1, 0.15) is 34.1 Å². The largest absolute Gasteiger partial charge is 0.494 e. The zero-order valence-electron chi connectivity index (χ0n) is 15.6. The van der Waals surface area contributed by atoms with E-state index in [4.69, 9.17) is 4.74 Å². The van der Waals surface area contributed by atoms with Gasteiger partial charge >= 0.3 is 0 Å². The standard InChI is InChI=1S/C23H22N2O3/c1-2-15-28-21-13-11-18(12-14-21)23(27)25-20-10-6-9-19(16-20)24-22(26)17-7-4-3-5-8-17/h3-14,16H,2,15H2,1H3,(H,24,26)(H,25,27). The average molecular weight is 374 g/mol. The molecule has 0 atom stereocenters. The number of amides is 2. The van der Waals surface area contributed by atoms with Gasteiger partial charge in [0.2, 0.25) is 0 Å². The molecule has 5 heteroatoms. The molecule has 28 heavy (non-hydrogen) atoms. The van der Waals surface area contributed by atoms with Gasteiger partial charge in [-0.1, -0.05) is 31.2 Å². The zero-order chi connectivity index (χ0) is 19.8. The van der Waals surface area contributed by atoms with Crippen LogP contribution in [-0.4, -0.2) is 18.4 Å². The van der Waals surface area contributed by atoms with E-state index in [1.165, 1.54) is 0 Å². The van der Waals surface area contributed by atoms with Crippen LogP contribution in [0.3, 0.4) is 0 Å². The van der Waals surface area contributed by atoms with E-state index in [1.807, 2.05) is 25.1 Å². The summed E-state index contributed by atoms with van der Waals surface area (Å²) in [6.45, 7) is 2.69. The van der Waals surface area contributed by atoms with E-state index in [0.29, 0.717) is 29.1 Å². The Morgan fingerprint density at radius 3 is 1.89 bits per heavy atom. The quantitative estimate of drug-likeness (QED) is 0.613. The fourth-order valence-corrected chi connectivity index (χ4v) is 2.59. The van der Waals surface area contributed by atoms with Gasteiger partial charge in [-0.05, 0) is 61.0 Å². The van der Waals surface area contributed by atoms with Crippen molar-refractivity contribution in [1.82, 2.24) is 0 Å². The van der Waals surface area contributed by atoms with Crippen LogP contribution in [0, 0.1) is 0 Å². The summed E-state index contributed by atoms with van der Waals surface area (Å²) in [6.07, 6.45) is 0.930. The molecule has 2 amide bonds. The van der Waals surface area contributed by atoms with Crippen LogP contribution in [0.15, 0.2) is 78.9 Å². The highest BCUT2D eigenvalue weighted by Crippen LogP contribution is 2.18. The number of rotatable bonds is 7. The van der Waals surface area contributed by atoms with Crippen molar-refractivity contribution < 1.29 is 14.3 Å². The zero-order valence-corrected chi connectivity index (χ0v) is 15.6. The van der Waals surface area contributed by atoms with Crippen LogP contribution in [0.4, 0.5) is 11.4 Å². The van der Waals surface area contributed by atoms with Crippen LogP contribution in [0.2, 0.25) is 0 Å². The van der Waals surface area contributed by atoms with Gasteiger partial charge in [-0.2, -0.15) is 0 Å². The Hall–Kier alpha value is -3.60. The van der Waals surface area contributed by atoms with Crippen LogP contribution < -0.4 is 15.4 Å². The van der Waals surface area contributed by atoms with Crippen LogP contribution in [-0.2, 0) is 0 Å². The molecule has 0 aliphatic carbocycles. The molecule has 0 radical (unpaired) electrons. The molecule has 0 heterocycles. The topological polar surface area (TPSA) is 67.4 Å². The Bertz CT molecular complexity index is 938. The summed E-state index contributed by atoms with van der Waals surface area (Å²) >= 11 is 0. The van der Waals surface area contributed by atoms with Crippen LogP contribution in [0.25, 0.3) is 0 Å². The SMILES string of the molecule is CCCOc1ccc(C(=O)Nc2cccc(NC(=O)c3ccccc3)c2)cc1. The predicted octanol–water partition coefficient (Wildman–Crippen LogP) is 4.98. The molecule has 0 unspecified atom stereocenters. The number of hydrogen-bond donors (Lipinski definition) is 2. The molecule has 2 N–H and O–H groups in total.